The standard InChI is InChI=1S/C7H11NO4/c8-7(10)1-6(9)5-2-11-4-12-3-5/h5H,1-4H2,(H2,8,10). The number of carbonyl (C=O) groups excluding carboxylic acids is 2. The van der Waals surface area contributed by atoms with Crippen LogP contribution in [0, 0.1) is 5.92 Å². The van der Waals surface area contributed by atoms with E-state index in [2.05, 4.69) is 0 Å². The predicted octanol–water partition coefficient (Wildman–Crippen LogP) is -0.949. The number of ketones is 1. The molecule has 0 aromatic carbocycles. The van der Waals surface area contributed by atoms with Gasteiger partial charge < -0.3 is 15.2 Å². The number of hydrogen-bond acceptors (Lipinski definition) is 4. The van der Waals surface area contributed by atoms with E-state index in [1.54, 1.807) is 0 Å². The van der Waals surface area contributed by atoms with E-state index in [-0.39, 0.29) is 24.9 Å². The van der Waals surface area contributed by atoms with Gasteiger partial charge in [-0.2, -0.15) is 0 Å². The van der Waals surface area contributed by atoms with Gasteiger partial charge >= 0.3 is 0 Å². The zero-order valence-electron chi connectivity index (χ0n) is 6.62. The van der Waals surface area contributed by atoms with Crippen molar-refractivity contribution >= 4 is 11.7 Å². The Morgan fingerprint density at radius 1 is 1.33 bits per heavy atom. The Hall–Kier alpha value is -0.940. The van der Waals surface area contributed by atoms with Gasteiger partial charge in [-0.1, -0.05) is 0 Å². The maximum absolute atomic E-state index is 11.1. The summed E-state index contributed by atoms with van der Waals surface area (Å²) in [6.07, 6.45) is -0.225. The first kappa shape index (κ1) is 9.15. The molecule has 1 fully saturated rings. The lowest BCUT2D eigenvalue weighted by Gasteiger charge is -2.20. The summed E-state index contributed by atoms with van der Waals surface area (Å²) >= 11 is 0. The highest BCUT2D eigenvalue weighted by Gasteiger charge is 2.23. The molecule has 5 heteroatoms. The van der Waals surface area contributed by atoms with Crippen LogP contribution >= 0.6 is 0 Å². The summed E-state index contributed by atoms with van der Waals surface area (Å²) in [7, 11) is 0. The van der Waals surface area contributed by atoms with Gasteiger partial charge in [-0.15, -0.1) is 0 Å². The summed E-state index contributed by atoms with van der Waals surface area (Å²) < 4.78 is 9.78. The van der Waals surface area contributed by atoms with Crippen LogP contribution < -0.4 is 5.73 Å². The van der Waals surface area contributed by atoms with Crippen molar-refractivity contribution in [3.05, 3.63) is 0 Å². The monoisotopic (exact) mass is 173 g/mol. The van der Waals surface area contributed by atoms with Crippen LogP contribution in [-0.4, -0.2) is 31.7 Å². The van der Waals surface area contributed by atoms with Crippen molar-refractivity contribution in [2.24, 2.45) is 11.7 Å². The van der Waals surface area contributed by atoms with Gasteiger partial charge in [0.05, 0.1) is 25.6 Å². The molecule has 5 nitrogen and oxygen atoms in total. The summed E-state index contributed by atoms with van der Waals surface area (Å²) in [6, 6.07) is 0. The fraction of sp³-hybridized carbons (Fsp3) is 0.714. The lowest BCUT2D eigenvalue weighted by Crippen LogP contribution is -2.33. The Balaban J connectivity index is 2.34. The molecule has 0 atom stereocenters. The van der Waals surface area contributed by atoms with Crippen molar-refractivity contribution in [1.29, 1.82) is 0 Å². The molecule has 12 heavy (non-hydrogen) atoms. The maximum atomic E-state index is 11.1. The number of nitrogens with two attached hydrogens (primary N) is 1. The molecular formula is C7H11NO4. The second-order valence-corrected chi connectivity index (χ2v) is 2.67. The van der Waals surface area contributed by atoms with Crippen molar-refractivity contribution in [1.82, 2.24) is 0 Å². The Morgan fingerprint density at radius 2 is 1.92 bits per heavy atom. The maximum Gasteiger partial charge on any atom is 0.224 e. The number of amides is 1. The number of hydrogen-bond donors (Lipinski definition) is 1. The van der Waals surface area contributed by atoms with E-state index in [0.717, 1.165) is 0 Å². The third-order valence-corrected chi connectivity index (χ3v) is 1.61. The lowest BCUT2D eigenvalue weighted by molar-refractivity contribution is -0.151. The number of Topliss-reactive ketones (excluding diaryl/α,β-unsaturated/α-hetero) is 1. The first-order chi connectivity index (χ1) is 5.70. The van der Waals surface area contributed by atoms with Crippen LogP contribution in [0.2, 0.25) is 0 Å². The Bertz CT molecular complexity index is 186. The molecule has 0 aromatic heterocycles. The van der Waals surface area contributed by atoms with E-state index >= 15 is 0 Å². The smallest absolute Gasteiger partial charge is 0.224 e. The van der Waals surface area contributed by atoms with E-state index in [4.69, 9.17) is 15.2 Å². The van der Waals surface area contributed by atoms with E-state index in [0.29, 0.717) is 13.2 Å². The average molecular weight is 173 g/mol. The third-order valence-electron chi connectivity index (χ3n) is 1.61. The zero-order chi connectivity index (χ0) is 8.97. The molecule has 2 N–H and O–H groups in total. The molecule has 1 heterocycles. The minimum Gasteiger partial charge on any atom is -0.369 e. The van der Waals surface area contributed by atoms with Gasteiger partial charge in [-0.25, -0.2) is 0 Å². The normalized spacial score (nSPS) is 19.0. The number of primary amides is 1. The molecule has 68 valence electrons. The van der Waals surface area contributed by atoms with E-state index < -0.39 is 5.91 Å². The van der Waals surface area contributed by atoms with Crippen LogP contribution in [0.1, 0.15) is 6.42 Å². The molecule has 1 rings (SSSR count). The number of rotatable bonds is 3. The van der Waals surface area contributed by atoms with Gasteiger partial charge in [0.2, 0.25) is 5.91 Å². The highest BCUT2D eigenvalue weighted by molar-refractivity contribution is 5.98. The molecule has 0 unspecified atom stereocenters. The Labute approximate surface area is 69.8 Å². The van der Waals surface area contributed by atoms with E-state index in [1.165, 1.54) is 0 Å². The molecule has 0 bridgehead atoms. The molecular weight excluding hydrogens is 162 g/mol. The van der Waals surface area contributed by atoms with Crippen LogP contribution in [-0.2, 0) is 19.1 Å². The minimum absolute atomic E-state index is 0.206. The summed E-state index contributed by atoms with van der Waals surface area (Å²) in [6.45, 7) is 0.874. The summed E-state index contributed by atoms with van der Waals surface area (Å²) in [5, 5.41) is 0. The molecule has 1 amide bonds. The minimum atomic E-state index is -0.606. The van der Waals surface area contributed by atoms with Crippen LogP contribution in [0.5, 0.6) is 0 Å². The SMILES string of the molecule is NC(=O)CC(=O)C1COCOC1. The molecule has 0 saturated carbocycles. The highest BCUT2D eigenvalue weighted by Crippen LogP contribution is 2.08. The summed E-state index contributed by atoms with van der Waals surface area (Å²) in [5.41, 5.74) is 4.86. The lowest BCUT2D eigenvalue weighted by atomic mass is 10.0. The fourth-order valence-electron chi connectivity index (χ4n) is 0.990. The van der Waals surface area contributed by atoms with E-state index in [9.17, 15) is 9.59 Å². The Kier molecular flexibility index (Phi) is 3.19. The van der Waals surface area contributed by atoms with Crippen molar-refractivity contribution in [2.75, 3.05) is 20.0 Å². The van der Waals surface area contributed by atoms with E-state index in [1.807, 2.05) is 0 Å². The summed E-state index contributed by atoms with van der Waals surface area (Å²) in [5.74, 6) is -1.14. The van der Waals surface area contributed by atoms with Gasteiger partial charge in [0.15, 0.2) is 0 Å². The number of ether oxygens (including phenoxy) is 2. The first-order valence-electron chi connectivity index (χ1n) is 3.66. The average Bonchev–Trinajstić information content (AvgIpc) is 2.05. The van der Waals surface area contributed by atoms with Gasteiger partial charge in [0.1, 0.15) is 12.6 Å². The molecule has 1 saturated heterocycles. The van der Waals surface area contributed by atoms with Gasteiger partial charge in [-0.05, 0) is 0 Å². The molecule has 1 aliphatic rings. The first-order valence-corrected chi connectivity index (χ1v) is 3.66. The highest BCUT2D eigenvalue weighted by atomic mass is 16.7. The predicted molar refractivity (Wildman–Crippen MR) is 39.1 cm³/mol. The van der Waals surface area contributed by atoms with Crippen molar-refractivity contribution in [3.8, 4) is 0 Å². The molecule has 0 aromatic rings. The molecule has 0 spiro atoms. The molecule has 0 radical (unpaired) electrons. The second-order valence-electron chi connectivity index (χ2n) is 2.67. The second kappa shape index (κ2) is 4.18. The van der Waals surface area contributed by atoms with Crippen molar-refractivity contribution in [2.45, 2.75) is 6.42 Å². The van der Waals surface area contributed by atoms with Crippen LogP contribution in [0.25, 0.3) is 0 Å². The van der Waals surface area contributed by atoms with Crippen LogP contribution in [0.3, 0.4) is 0 Å². The quantitative estimate of drug-likeness (QED) is 0.558. The van der Waals surface area contributed by atoms with Gasteiger partial charge in [0.25, 0.3) is 0 Å². The fourth-order valence-corrected chi connectivity index (χ4v) is 0.990. The molecule has 1 aliphatic heterocycles. The van der Waals surface area contributed by atoms with Crippen molar-refractivity contribution < 1.29 is 19.1 Å². The molecule has 0 aliphatic carbocycles. The van der Waals surface area contributed by atoms with Gasteiger partial charge in [-0.3, -0.25) is 9.59 Å². The largest absolute Gasteiger partial charge is 0.369 e. The number of carbonyl (C=O) groups is 2. The van der Waals surface area contributed by atoms with Gasteiger partial charge in [0, 0.05) is 0 Å². The topological polar surface area (TPSA) is 78.6 Å². The summed E-state index contributed by atoms with van der Waals surface area (Å²) in [4.78, 5) is 21.5. The van der Waals surface area contributed by atoms with Crippen molar-refractivity contribution in [3.63, 3.8) is 0 Å². The third kappa shape index (κ3) is 2.60. The Morgan fingerprint density at radius 3 is 2.42 bits per heavy atom. The van der Waals surface area contributed by atoms with Crippen LogP contribution in [0.15, 0.2) is 0 Å². The zero-order valence-corrected chi connectivity index (χ0v) is 6.62. The van der Waals surface area contributed by atoms with Crippen LogP contribution in [0.4, 0.5) is 0 Å².